The molecule has 1 saturated carbocycles. The Morgan fingerprint density at radius 1 is 1.48 bits per heavy atom. The van der Waals surface area contributed by atoms with Gasteiger partial charge < -0.3 is 4.74 Å². The molecule has 2 atom stereocenters. The van der Waals surface area contributed by atoms with Gasteiger partial charge in [0.25, 0.3) is 0 Å². The third-order valence-electron chi connectivity index (χ3n) is 3.82. The molecule has 2 unspecified atom stereocenters. The quantitative estimate of drug-likeness (QED) is 0.903. The number of ether oxygens (including phenoxy) is 1. The van der Waals surface area contributed by atoms with Crippen LogP contribution in [0.2, 0.25) is 0 Å². The summed E-state index contributed by atoms with van der Waals surface area (Å²) in [7, 11) is 0. The lowest BCUT2D eigenvalue weighted by atomic mass is 9.81. The van der Waals surface area contributed by atoms with Crippen LogP contribution in [0.5, 0.6) is 5.75 Å². The Bertz CT molecular complexity index is 529. The van der Waals surface area contributed by atoms with Gasteiger partial charge in [-0.2, -0.15) is 5.26 Å². The predicted molar refractivity (Wildman–Crippen MR) is 75.9 cm³/mol. The van der Waals surface area contributed by atoms with Gasteiger partial charge in [-0.05, 0) is 44.4 Å². The van der Waals surface area contributed by atoms with Crippen molar-refractivity contribution < 1.29 is 13.5 Å². The molecule has 1 aromatic carbocycles. The number of rotatable bonds is 5. The van der Waals surface area contributed by atoms with Gasteiger partial charge in [0.15, 0.2) is 11.6 Å². The zero-order valence-electron chi connectivity index (χ0n) is 12.2. The van der Waals surface area contributed by atoms with Crippen LogP contribution < -0.4 is 10.1 Å². The summed E-state index contributed by atoms with van der Waals surface area (Å²) in [5.41, 5.74) is -0.622. The van der Waals surface area contributed by atoms with Crippen molar-refractivity contribution in [2.45, 2.75) is 50.7 Å². The molecule has 3 nitrogen and oxygen atoms in total. The number of nitrogens with one attached hydrogen (secondary N) is 1. The van der Waals surface area contributed by atoms with Crippen LogP contribution in [0.4, 0.5) is 8.78 Å². The van der Waals surface area contributed by atoms with Crippen LogP contribution in [0.25, 0.3) is 0 Å². The lowest BCUT2D eigenvalue weighted by Crippen LogP contribution is -2.50. The first-order valence-corrected chi connectivity index (χ1v) is 7.36. The van der Waals surface area contributed by atoms with E-state index in [-0.39, 0.29) is 11.9 Å². The van der Waals surface area contributed by atoms with E-state index in [4.69, 9.17) is 4.74 Å². The topological polar surface area (TPSA) is 45.0 Å². The van der Waals surface area contributed by atoms with Crippen molar-refractivity contribution in [3.05, 3.63) is 29.8 Å². The smallest absolute Gasteiger partial charge is 0.165 e. The second-order valence-electron chi connectivity index (χ2n) is 5.53. The highest BCUT2D eigenvalue weighted by Crippen LogP contribution is 2.31. The van der Waals surface area contributed by atoms with E-state index < -0.39 is 17.2 Å². The first kappa shape index (κ1) is 15.7. The van der Waals surface area contributed by atoms with E-state index in [1.54, 1.807) is 0 Å². The lowest BCUT2D eigenvalue weighted by Gasteiger charge is -2.36. The van der Waals surface area contributed by atoms with E-state index in [0.717, 1.165) is 50.4 Å². The normalized spacial score (nSPS) is 25.3. The highest BCUT2D eigenvalue weighted by molar-refractivity contribution is 5.25. The van der Waals surface area contributed by atoms with E-state index >= 15 is 0 Å². The second kappa shape index (κ2) is 6.86. The molecule has 1 aliphatic rings. The van der Waals surface area contributed by atoms with E-state index in [1.807, 2.05) is 6.92 Å². The van der Waals surface area contributed by atoms with Crippen molar-refractivity contribution >= 4 is 0 Å². The molecule has 0 spiro atoms. The van der Waals surface area contributed by atoms with Crippen molar-refractivity contribution in [3.63, 3.8) is 0 Å². The fourth-order valence-electron chi connectivity index (χ4n) is 2.74. The van der Waals surface area contributed by atoms with Crippen molar-refractivity contribution in [2.24, 2.45) is 0 Å². The molecule has 0 heterocycles. The summed E-state index contributed by atoms with van der Waals surface area (Å²) < 4.78 is 32.4. The molecular weight excluding hydrogens is 274 g/mol. The average molecular weight is 294 g/mol. The van der Waals surface area contributed by atoms with Crippen LogP contribution in [0.3, 0.4) is 0 Å². The van der Waals surface area contributed by atoms with Gasteiger partial charge in [0, 0.05) is 12.5 Å². The standard InChI is InChI=1S/C16H20F2N2O/c1-2-8-20-16(11-19)7-3-4-13(10-16)21-15-9-12(17)5-6-14(15)18/h5-6,9,13,20H,2-4,7-8,10H2,1H3. The molecule has 1 aliphatic carbocycles. The molecule has 1 N–H and O–H groups in total. The highest BCUT2D eigenvalue weighted by Gasteiger charge is 2.37. The van der Waals surface area contributed by atoms with Gasteiger partial charge in [-0.15, -0.1) is 0 Å². The summed E-state index contributed by atoms with van der Waals surface area (Å²) in [5, 5.41) is 12.7. The molecule has 0 aliphatic heterocycles. The molecule has 21 heavy (non-hydrogen) atoms. The summed E-state index contributed by atoms with van der Waals surface area (Å²) in [6.45, 7) is 2.80. The molecule has 0 bridgehead atoms. The largest absolute Gasteiger partial charge is 0.487 e. The summed E-state index contributed by atoms with van der Waals surface area (Å²) >= 11 is 0. The highest BCUT2D eigenvalue weighted by atomic mass is 19.1. The Balaban J connectivity index is 2.07. The average Bonchev–Trinajstić information content (AvgIpc) is 2.49. The van der Waals surface area contributed by atoms with E-state index in [2.05, 4.69) is 11.4 Å². The number of nitrogens with zero attached hydrogens (tertiary/aromatic N) is 1. The van der Waals surface area contributed by atoms with Crippen LogP contribution in [0, 0.1) is 23.0 Å². The summed E-state index contributed by atoms with van der Waals surface area (Å²) in [5.74, 6) is -1.19. The molecule has 0 amide bonds. The minimum atomic E-state index is -0.622. The maximum Gasteiger partial charge on any atom is 0.165 e. The van der Waals surface area contributed by atoms with Crippen LogP contribution in [-0.4, -0.2) is 18.2 Å². The summed E-state index contributed by atoms with van der Waals surface area (Å²) in [6.07, 6.45) is 3.47. The fraction of sp³-hybridized carbons (Fsp3) is 0.562. The predicted octanol–water partition coefficient (Wildman–Crippen LogP) is 3.55. The molecule has 0 radical (unpaired) electrons. The Morgan fingerprint density at radius 2 is 2.29 bits per heavy atom. The van der Waals surface area contributed by atoms with Crippen LogP contribution in [0.15, 0.2) is 18.2 Å². The Hall–Kier alpha value is -1.67. The molecule has 1 aromatic rings. The minimum absolute atomic E-state index is 0.0794. The first-order valence-electron chi connectivity index (χ1n) is 7.36. The van der Waals surface area contributed by atoms with Crippen molar-refractivity contribution in [2.75, 3.05) is 6.54 Å². The van der Waals surface area contributed by atoms with Gasteiger partial charge in [-0.25, -0.2) is 8.78 Å². The van der Waals surface area contributed by atoms with Crippen LogP contribution >= 0.6 is 0 Å². The maximum absolute atomic E-state index is 13.6. The summed E-state index contributed by atoms with van der Waals surface area (Å²) in [4.78, 5) is 0. The van der Waals surface area contributed by atoms with Crippen molar-refractivity contribution in [3.8, 4) is 11.8 Å². The first-order chi connectivity index (χ1) is 10.1. The van der Waals surface area contributed by atoms with E-state index in [9.17, 15) is 14.0 Å². The van der Waals surface area contributed by atoms with Crippen molar-refractivity contribution in [1.29, 1.82) is 5.26 Å². The van der Waals surface area contributed by atoms with Gasteiger partial charge in [-0.1, -0.05) is 6.92 Å². The van der Waals surface area contributed by atoms with Gasteiger partial charge in [0.2, 0.25) is 0 Å². The Kier molecular flexibility index (Phi) is 5.13. The van der Waals surface area contributed by atoms with Gasteiger partial charge >= 0.3 is 0 Å². The van der Waals surface area contributed by atoms with Gasteiger partial charge in [0.05, 0.1) is 6.07 Å². The van der Waals surface area contributed by atoms with Gasteiger partial charge in [0.1, 0.15) is 17.5 Å². The van der Waals surface area contributed by atoms with E-state index in [1.165, 1.54) is 0 Å². The summed E-state index contributed by atoms with van der Waals surface area (Å²) in [6, 6.07) is 5.50. The molecule has 114 valence electrons. The second-order valence-corrected chi connectivity index (χ2v) is 5.53. The zero-order chi connectivity index (χ0) is 15.3. The third-order valence-corrected chi connectivity index (χ3v) is 3.82. The Morgan fingerprint density at radius 3 is 3.00 bits per heavy atom. The number of hydrogen-bond donors (Lipinski definition) is 1. The molecule has 5 heteroatoms. The van der Waals surface area contributed by atoms with E-state index in [0.29, 0.717) is 6.42 Å². The minimum Gasteiger partial charge on any atom is -0.487 e. The number of nitriles is 1. The third kappa shape index (κ3) is 3.92. The Labute approximate surface area is 123 Å². The van der Waals surface area contributed by atoms with Gasteiger partial charge in [-0.3, -0.25) is 5.32 Å². The lowest BCUT2D eigenvalue weighted by molar-refractivity contribution is 0.108. The molecule has 1 fully saturated rings. The SMILES string of the molecule is CCCNC1(C#N)CCCC(Oc2cc(F)ccc2F)C1. The van der Waals surface area contributed by atoms with Crippen molar-refractivity contribution in [1.82, 2.24) is 5.32 Å². The molecular formula is C16H20F2N2O. The molecule has 2 rings (SSSR count). The number of halogens is 2. The number of hydrogen-bond acceptors (Lipinski definition) is 3. The monoisotopic (exact) mass is 294 g/mol. The van der Waals surface area contributed by atoms with Crippen LogP contribution in [0.1, 0.15) is 39.0 Å². The molecule has 0 aromatic heterocycles. The molecule has 0 saturated heterocycles. The maximum atomic E-state index is 13.6. The fourth-order valence-corrected chi connectivity index (χ4v) is 2.74. The number of benzene rings is 1. The van der Waals surface area contributed by atoms with Crippen LogP contribution in [-0.2, 0) is 0 Å². The zero-order valence-corrected chi connectivity index (χ0v) is 12.2.